The van der Waals surface area contributed by atoms with E-state index in [1.165, 1.54) is 51.4 Å². The number of hydrogen-bond acceptors (Lipinski definition) is 2. The fraction of sp³-hybridized carbons (Fsp3) is 1.00. The van der Waals surface area contributed by atoms with E-state index in [2.05, 4.69) is 34.6 Å². The zero-order valence-electron chi connectivity index (χ0n) is 13.8. The number of hydrogen-bond donors (Lipinski definition) is 0. The number of unbranched alkanes of at least 4 members (excludes halogenated alkanes) is 7. The van der Waals surface area contributed by atoms with Gasteiger partial charge in [-0.15, -0.1) is 0 Å². The lowest BCUT2D eigenvalue weighted by atomic mass is 10.1. The smallest absolute Gasteiger partial charge is 0.170 e. The van der Waals surface area contributed by atoms with Gasteiger partial charge in [0.25, 0.3) is 0 Å². The first-order chi connectivity index (χ1) is 9.06. The first-order valence-electron chi connectivity index (χ1n) is 8.17. The van der Waals surface area contributed by atoms with E-state index in [0.717, 1.165) is 6.16 Å². The lowest BCUT2D eigenvalue weighted by Gasteiger charge is -2.21. The van der Waals surface area contributed by atoms with Gasteiger partial charge in [-0.25, -0.2) is 0 Å². The maximum atomic E-state index is 5.86. The SMILES string of the molecule is CCCCCCCCCCP(OC(C)C)OC(C)C. The normalized spacial score (nSPS) is 12.0. The fourth-order valence-corrected chi connectivity index (χ4v) is 3.66. The third kappa shape index (κ3) is 14.6. The molecule has 0 bridgehead atoms. The van der Waals surface area contributed by atoms with Crippen molar-refractivity contribution < 1.29 is 9.05 Å². The van der Waals surface area contributed by atoms with Crippen LogP contribution in [0.25, 0.3) is 0 Å². The summed E-state index contributed by atoms with van der Waals surface area (Å²) in [7, 11) is -0.670. The molecule has 19 heavy (non-hydrogen) atoms. The summed E-state index contributed by atoms with van der Waals surface area (Å²) < 4.78 is 11.7. The second-order valence-electron chi connectivity index (χ2n) is 5.84. The minimum Gasteiger partial charge on any atom is -0.331 e. The molecular weight excluding hydrogens is 255 g/mol. The summed E-state index contributed by atoms with van der Waals surface area (Å²) in [5.74, 6) is 0. The van der Waals surface area contributed by atoms with E-state index in [-0.39, 0.29) is 12.2 Å². The predicted octanol–water partition coefficient (Wildman–Crippen LogP) is 6.29. The van der Waals surface area contributed by atoms with Crippen molar-refractivity contribution in [3.05, 3.63) is 0 Å². The third-order valence-corrected chi connectivity index (χ3v) is 4.85. The number of rotatable bonds is 13. The van der Waals surface area contributed by atoms with Gasteiger partial charge in [0, 0.05) is 6.16 Å². The van der Waals surface area contributed by atoms with Crippen molar-refractivity contribution >= 4 is 8.38 Å². The van der Waals surface area contributed by atoms with Crippen LogP contribution in [0.1, 0.15) is 86.0 Å². The molecule has 0 amide bonds. The van der Waals surface area contributed by atoms with Gasteiger partial charge in [0.05, 0.1) is 12.2 Å². The molecule has 3 heteroatoms. The van der Waals surface area contributed by atoms with Crippen LogP contribution in [-0.4, -0.2) is 18.4 Å². The van der Waals surface area contributed by atoms with E-state index < -0.39 is 8.38 Å². The highest BCUT2D eigenvalue weighted by atomic mass is 31.2. The summed E-state index contributed by atoms with van der Waals surface area (Å²) in [6, 6.07) is 0. The molecule has 0 aliphatic heterocycles. The lowest BCUT2D eigenvalue weighted by Crippen LogP contribution is -2.06. The molecule has 0 aliphatic rings. The molecule has 0 rings (SSSR count). The molecule has 0 saturated carbocycles. The van der Waals surface area contributed by atoms with E-state index in [9.17, 15) is 0 Å². The molecule has 0 aromatic heterocycles. The van der Waals surface area contributed by atoms with Gasteiger partial charge < -0.3 is 9.05 Å². The first-order valence-corrected chi connectivity index (χ1v) is 9.53. The van der Waals surface area contributed by atoms with Crippen LogP contribution < -0.4 is 0 Å². The Morgan fingerprint density at radius 1 is 0.684 bits per heavy atom. The van der Waals surface area contributed by atoms with E-state index in [0.29, 0.717) is 0 Å². The molecule has 0 unspecified atom stereocenters. The Hall–Kier alpha value is 0.350. The van der Waals surface area contributed by atoms with Crippen LogP contribution in [0.4, 0.5) is 0 Å². The Bertz CT molecular complexity index is 174. The Balaban J connectivity index is 3.52. The average molecular weight is 290 g/mol. The maximum Gasteiger partial charge on any atom is 0.170 e. The molecule has 0 heterocycles. The minimum atomic E-state index is -0.670. The predicted molar refractivity (Wildman–Crippen MR) is 86.8 cm³/mol. The lowest BCUT2D eigenvalue weighted by molar-refractivity contribution is 0.177. The zero-order chi connectivity index (χ0) is 14.5. The van der Waals surface area contributed by atoms with E-state index in [1.54, 1.807) is 0 Å². The highest BCUT2D eigenvalue weighted by Crippen LogP contribution is 2.42. The van der Waals surface area contributed by atoms with E-state index in [1.807, 2.05) is 0 Å². The van der Waals surface area contributed by atoms with Crippen LogP contribution in [0.2, 0.25) is 0 Å². The Kier molecular flexibility index (Phi) is 13.6. The maximum absolute atomic E-state index is 5.86. The van der Waals surface area contributed by atoms with Crippen LogP contribution in [-0.2, 0) is 9.05 Å². The van der Waals surface area contributed by atoms with Gasteiger partial charge in [-0.2, -0.15) is 0 Å². The molecule has 0 aromatic carbocycles. The molecule has 0 aliphatic carbocycles. The van der Waals surface area contributed by atoms with Crippen LogP contribution in [0, 0.1) is 0 Å². The minimum absolute atomic E-state index is 0.277. The second-order valence-corrected chi connectivity index (χ2v) is 7.37. The molecule has 0 radical (unpaired) electrons. The van der Waals surface area contributed by atoms with Gasteiger partial charge in [-0.3, -0.25) is 0 Å². The highest BCUT2D eigenvalue weighted by molar-refractivity contribution is 7.47. The van der Waals surface area contributed by atoms with Gasteiger partial charge in [0.15, 0.2) is 8.38 Å². The van der Waals surface area contributed by atoms with Crippen LogP contribution in [0.5, 0.6) is 0 Å². The largest absolute Gasteiger partial charge is 0.331 e. The van der Waals surface area contributed by atoms with Crippen LogP contribution >= 0.6 is 8.38 Å². The summed E-state index contributed by atoms with van der Waals surface area (Å²) in [5.41, 5.74) is 0. The molecule has 0 spiro atoms. The Morgan fingerprint density at radius 2 is 1.11 bits per heavy atom. The highest BCUT2D eigenvalue weighted by Gasteiger charge is 2.13. The molecular formula is C16H35O2P. The van der Waals surface area contributed by atoms with Crippen molar-refractivity contribution in [3.8, 4) is 0 Å². The molecule has 0 N–H and O–H groups in total. The summed E-state index contributed by atoms with van der Waals surface area (Å²) in [5, 5.41) is 0. The van der Waals surface area contributed by atoms with Crippen molar-refractivity contribution in [1.29, 1.82) is 0 Å². The zero-order valence-corrected chi connectivity index (χ0v) is 14.7. The van der Waals surface area contributed by atoms with Gasteiger partial charge >= 0.3 is 0 Å². The summed E-state index contributed by atoms with van der Waals surface area (Å²) >= 11 is 0. The van der Waals surface area contributed by atoms with Gasteiger partial charge in [-0.05, 0) is 34.1 Å². The molecule has 2 nitrogen and oxygen atoms in total. The van der Waals surface area contributed by atoms with Crippen molar-refractivity contribution in [2.24, 2.45) is 0 Å². The quantitative estimate of drug-likeness (QED) is 0.293. The van der Waals surface area contributed by atoms with Crippen molar-refractivity contribution in [3.63, 3.8) is 0 Å². The fourth-order valence-electron chi connectivity index (χ4n) is 1.98. The van der Waals surface area contributed by atoms with Crippen molar-refractivity contribution in [2.45, 2.75) is 98.2 Å². The average Bonchev–Trinajstić information content (AvgIpc) is 2.30. The monoisotopic (exact) mass is 290 g/mol. The Morgan fingerprint density at radius 3 is 1.53 bits per heavy atom. The van der Waals surface area contributed by atoms with Crippen LogP contribution in [0.15, 0.2) is 0 Å². The summed E-state index contributed by atoms with van der Waals surface area (Å²) in [6.45, 7) is 10.6. The first kappa shape index (κ1) is 19.4. The van der Waals surface area contributed by atoms with Crippen LogP contribution in [0.3, 0.4) is 0 Å². The van der Waals surface area contributed by atoms with E-state index >= 15 is 0 Å². The molecule has 116 valence electrons. The summed E-state index contributed by atoms with van der Waals surface area (Å²) in [6.07, 6.45) is 12.6. The van der Waals surface area contributed by atoms with Gasteiger partial charge in [0.2, 0.25) is 0 Å². The Labute approximate surface area is 122 Å². The topological polar surface area (TPSA) is 18.5 Å². The van der Waals surface area contributed by atoms with Crippen molar-refractivity contribution in [1.82, 2.24) is 0 Å². The molecule has 0 atom stereocenters. The van der Waals surface area contributed by atoms with Crippen molar-refractivity contribution in [2.75, 3.05) is 6.16 Å². The van der Waals surface area contributed by atoms with Gasteiger partial charge in [0.1, 0.15) is 0 Å². The van der Waals surface area contributed by atoms with Gasteiger partial charge in [-0.1, -0.05) is 51.9 Å². The molecule has 0 aromatic rings. The summed E-state index contributed by atoms with van der Waals surface area (Å²) in [4.78, 5) is 0. The molecule has 0 fully saturated rings. The standard InChI is InChI=1S/C16H35O2P/c1-6-7-8-9-10-11-12-13-14-19(17-15(2)3)18-16(4)5/h15-16H,6-14H2,1-5H3. The molecule has 0 saturated heterocycles. The second kappa shape index (κ2) is 13.3. The third-order valence-electron chi connectivity index (χ3n) is 2.85. The van der Waals surface area contributed by atoms with E-state index in [4.69, 9.17) is 9.05 Å².